The summed E-state index contributed by atoms with van der Waals surface area (Å²) in [6.07, 6.45) is 1.83. The van der Waals surface area contributed by atoms with Gasteiger partial charge in [-0.1, -0.05) is 146 Å². The van der Waals surface area contributed by atoms with E-state index in [0.717, 1.165) is 77.7 Å². The van der Waals surface area contributed by atoms with Crippen LogP contribution < -0.4 is 0 Å². The standard InChI is InChI=1S/C44H28N4/c1-3-10-30(11-4-1)40-28-41(31-12-5-2-6-13-31)48-44(47-40)34-21-17-29(18-22-34)35-24-25-38(37-16-8-7-15-36(35)37)39-26-23-33-20-19-32-14-9-27-45-42(32)43(33)46-39/h1-28H. The summed E-state index contributed by atoms with van der Waals surface area (Å²) in [6, 6.07) is 56.7. The summed E-state index contributed by atoms with van der Waals surface area (Å²) in [5.41, 5.74) is 11.1. The average Bonchev–Trinajstić information content (AvgIpc) is 3.18. The van der Waals surface area contributed by atoms with Crippen LogP contribution in [0, 0.1) is 0 Å². The molecule has 3 aromatic heterocycles. The SMILES string of the molecule is c1ccc(-c2cc(-c3ccccc3)nc(-c3ccc(-c4ccc(-c5ccc6ccc7cccnc7c6n5)c5ccccc45)cc3)n2)cc1. The smallest absolute Gasteiger partial charge is 0.160 e. The molecule has 224 valence electrons. The van der Waals surface area contributed by atoms with E-state index >= 15 is 0 Å². The number of aromatic nitrogens is 4. The fourth-order valence-electron chi connectivity index (χ4n) is 6.54. The van der Waals surface area contributed by atoms with Crippen LogP contribution in [0.3, 0.4) is 0 Å². The van der Waals surface area contributed by atoms with Crippen molar-refractivity contribution in [2.75, 3.05) is 0 Å². The van der Waals surface area contributed by atoms with E-state index in [2.05, 4.69) is 126 Å². The summed E-state index contributed by atoms with van der Waals surface area (Å²) in [6.45, 7) is 0. The van der Waals surface area contributed by atoms with Crippen LogP contribution in [0.2, 0.25) is 0 Å². The Morgan fingerprint density at radius 3 is 1.58 bits per heavy atom. The van der Waals surface area contributed by atoms with Gasteiger partial charge in [-0.15, -0.1) is 0 Å². The van der Waals surface area contributed by atoms with Gasteiger partial charge in [0, 0.05) is 39.2 Å². The van der Waals surface area contributed by atoms with Crippen LogP contribution in [0.5, 0.6) is 0 Å². The average molecular weight is 613 g/mol. The maximum Gasteiger partial charge on any atom is 0.160 e. The third-order valence-corrected chi connectivity index (χ3v) is 8.95. The largest absolute Gasteiger partial charge is 0.254 e. The van der Waals surface area contributed by atoms with E-state index in [4.69, 9.17) is 15.0 Å². The Morgan fingerprint density at radius 2 is 0.896 bits per heavy atom. The van der Waals surface area contributed by atoms with Crippen LogP contribution in [-0.2, 0) is 0 Å². The zero-order valence-electron chi connectivity index (χ0n) is 26.0. The second-order valence-corrected chi connectivity index (χ2v) is 11.9. The third-order valence-electron chi connectivity index (χ3n) is 8.95. The molecule has 0 aliphatic carbocycles. The molecule has 0 aliphatic rings. The quantitative estimate of drug-likeness (QED) is 0.181. The first-order valence-electron chi connectivity index (χ1n) is 16.1. The van der Waals surface area contributed by atoms with E-state index in [9.17, 15) is 0 Å². The Bertz CT molecular complexity index is 2540. The summed E-state index contributed by atoms with van der Waals surface area (Å²) in [5, 5.41) is 4.51. The molecule has 0 N–H and O–H groups in total. The Kier molecular flexibility index (Phi) is 6.76. The predicted octanol–water partition coefficient (Wildman–Crippen LogP) is 11.1. The molecule has 0 radical (unpaired) electrons. The Hall–Kier alpha value is -6.52. The van der Waals surface area contributed by atoms with Gasteiger partial charge in [0.2, 0.25) is 0 Å². The Labute approximate surface area is 278 Å². The van der Waals surface area contributed by atoms with Gasteiger partial charge in [0.05, 0.1) is 28.1 Å². The van der Waals surface area contributed by atoms with E-state index in [-0.39, 0.29) is 0 Å². The zero-order valence-corrected chi connectivity index (χ0v) is 26.0. The second-order valence-electron chi connectivity index (χ2n) is 11.9. The lowest BCUT2D eigenvalue weighted by atomic mass is 9.93. The van der Waals surface area contributed by atoms with E-state index in [1.54, 1.807) is 0 Å². The number of pyridine rings is 2. The minimum Gasteiger partial charge on any atom is -0.254 e. The molecule has 9 rings (SSSR count). The normalized spacial score (nSPS) is 11.3. The third kappa shape index (κ3) is 4.97. The van der Waals surface area contributed by atoms with Gasteiger partial charge >= 0.3 is 0 Å². The van der Waals surface area contributed by atoms with Crippen molar-refractivity contribution in [3.05, 3.63) is 170 Å². The topological polar surface area (TPSA) is 51.6 Å². The molecule has 0 saturated heterocycles. The molecule has 48 heavy (non-hydrogen) atoms. The first kappa shape index (κ1) is 27.8. The van der Waals surface area contributed by atoms with Crippen molar-refractivity contribution in [1.29, 1.82) is 0 Å². The molecule has 0 aliphatic heterocycles. The lowest BCUT2D eigenvalue weighted by molar-refractivity contribution is 1.18. The minimum absolute atomic E-state index is 0.700. The Balaban J connectivity index is 1.12. The van der Waals surface area contributed by atoms with E-state index in [1.165, 1.54) is 5.39 Å². The molecule has 0 amide bonds. The van der Waals surface area contributed by atoms with Crippen molar-refractivity contribution >= 4 is 32.6 Å². The van der Waals surface area contributed by atoms with Crippen molar-refractivity contribution in [2.45, 2.75) is 0 Å². The predicted molar refractivity (Wildman–Crippen MR) is 197 cm³/mol. The molecule has 3 heterocycles. The highest BCUT2D eigenvalue weighted by Gasteiger charge is 2.14. The highest BCUT2D eigenvalue weighted by atomic mass is 14.9. The molecule has 6 aromatic carbocycles. The van der Waals surface area contributed by atoms with Crippen molar-refractivity contribution in [2.24, 2.45) is 0 Å². The van der Waals surface area contributed by atoms with Gasteiger partial charge in [-0.25, -0.2) is 15.0 Å². The summed E-state index contributed by atoms with van der Waals surface area (Å²) >= 11 is 0. The highest BCUT2D eigenvalue weighted by Crippen LogP contribution is 2.37. The number of nitrogens with zero attached hydrogens (tertiary/aromatic N) is 4. The van der Waals surface area contributed by atoms with E-state index in [0.29, 0.717) is 5.82 Å². The fourth-order valence-corrected chi connectivity index (χ4v) is 6.54. The molecule has 0 saturated carbocycles. The molecule has 0 unspecified atom stereocenters. The second kappa shape index (κ2) is 11.7. The monoisotopic (exact) mass is 612 g/mol. The number of hydrogen-bond donors (Lipinski definition) is 0. The van der Waals surface area contributed by atoms with Crippen LogP contribution in [0.4, 0.5) is 0 Å². The van der Waals surface area contributed by atoms with Crippen LogP contribution in [-0.4, -0.2) is 19.9 Å². The van der Waals surface area contributed by atoms with Gasteiger partial charge in [0.25, 0.3) is 0 Å². The van der Waals surface area contributed by atoms with Crippen LogP contribution in [0.15, 0.2) is 170 Å². The molecule has 0 fully saturated rings. The molecule has 4 nitrogen and oxygen atoms in total. The maximum atomic E-state index is 5.15. The molecule has 0 bridgehead atoms. The lowest BCUT2D eigenvalue weighted by Gasteiger charge is -2.13. The van der Waals surface area contributed by atoms with Crippen molar-refractivity contribution in [3.63, 3.8) is 0 Å². The molecular weight excluding hydrogens is 585 g/mol. The van der Waals surface area contributed by atoms with E-state index < -0.39 is 0 Å². The number of rotatable bonds is 5. The summed E-state index contributed by atoms with van der Waals surface area (Å²) in [4.78, 5) is 19.8. The first-order chi connectivity index (χ1) is 23.8. The van der Waals surface area contributed by atoms with Crippen molar-refractivity contribution in [1.82, 2.24) is 19.9 Å². The highest BCUT2D eigenvalue weighted by molar-refractivity contribution is 6.07. The molecule has 9 aromatic rings. The van der Waals surface area contributed by atoms with Crippen LogP contribution >= 0.6 is 0 Å². The van der Waals surface area contributed by atoms with Crippen LogP contribution in [0.25, 0.3) is 88.9 Å². The Morgan fingerprint density at radius 1 is 0.333 bits per heavy atom. The summed E-state index contributed by atoms with van der Waals surface area (Å²) in [7, 11) is 0. The molecule has 0 spiro atoms. The van der Waals surface area contributed by atoms with Gasteiger partial charge < -0.3 is 0 Å². The van der Waals surface area contributed by atoms with Gasteiger partial charge in [-0.2, -0.15) is 0 Å². The molecule has 4 heteroatoms. The number of fused-ring (bicyclic) bond motifs is 4. The minimum atomic E-state index is 0.700. The van der Waals surface area contributed by atoms with Gasteiger partial charge in [0.15, 0.2) is 5.82 Å². The van der Waals surface area contributed by atoms with Gasteiger partial charge in [0.1, 0.15) is 0 Å². The van der Waals surface area contributed by atoms with E-state index in [1.807, 2.05) is 48.7 Å². The van der Waals surface area contributed by atoms with Crippen LogP contribution in [0.1, 0.15) is 0 Å². The summed E-state index contributed by atoms with van der Waals surface area (Å²) < 4.78 is 0. The molecular formula is C44H28N4. The number of benzene rings is 6. The van der Waals surface area contributed by atoms with Gasteiger partial charge in [-0.3, -0.25) is 4.98 Å². The summed E-state index contributed by atoms with van der Waals surface area (Å²) in [5.74, 6) is 0.700. The number of hydrogen-bond acceptors (Lipinski definition) is 4. The van der Waals surface area contributed by atoms with Crippen molar-refractivity contribution in [3.8, 4) is 56.3 Å². The zero-order chi connectivity index (χ0) is 31.9. The maximum absolute atomic E-state index is 5.15. The van der Waals surface area contributed by atoms with Crippen molar-refractivity contribution < 1.29 is 0 Å². The fraction of sp³-hybridized carbons (Fsp3) is 0. The first-order valence-corrected chi connectivity index (χ1v) is 16.1. The molecule has 0 atom stereocenters. The van der Waals surface area contributed by atoms with Gasteiger partial charge in [-0.05, 0) is 40.1 Å². The lowest BCUT2D eigenvalue weighted by Crippen LogP contribution is -1.96.